The van der Waals surface area contributed by atoms with Gasteiger partial charge in [-0.3, -0.25) is 4.90 Å². The third-order valence-electron chi connectivity index (χ3n) is 3.89. The molecule has 0 bridgehead atoms. The summed E-state index contributed by atoms with van der Waals surface area (Å²) in [6.45, 7) is 4.11. The molecule has 0 spiro atoms. The maximum Gasteiger partial charge on any atom is 0.411 e. The van der Waals surface area contributed by atoms with Crippen molar-refractivity contribution < 1.29 is 32.2 Å². The molecule has 8 heteroatoms. The molecule has 0 N–H and O–H groups in total. The minimum Gasteiger partial charge on any atom is -0.459 e. The van der Waals surface area contributed by atoms with Gasteiger partial charge in [0.25, 0.3) is 0 Å². The van der Waals surface area contributed by atoms with Crippen LogP contribution in [0.15, 0.2) is 30.3 Å². The van der Waals surface area contributed by atoms with Crippen molar-refractivity contribution in [2.75, 3.05) is 6.54 Å². The number of likely N-dealkylation sites (tertiary alicyclic amines) is 1. The second-order valence-corrected chi connectivity index (χ2v) is 7.22. The number of nitrogens with zero attached hydrogens (tertiary/aromatic N) is 1. The maximum atomic E-state index is 13.1. The molecular weight excluding hydrogens is 351 g/mol. The summed E-state index contributed by atoms with van der Waals surface area (Å²) in [5, 5.41) is 0. The fourth-order valence-corrected chi connectivity index (χ4v) is 2.64. The zero-order chi connectivity index (χ0) is 19.5. The molecule has 5 nitrogen and oxygen atoms in total. The smallest absolute Gasteiger partial charge is 0.411 e. The van der Waals surface area contributed by atoms with Crippen LogP contribution in [0.2, 0.25) is 0 Å². The van der Waals surface area contributed by atoms with Gasteiger partial charge in [0.1, 0.15) is 18.2 Å². The lowest BCUT2D eigenvalue weighted by Crippen LogP contribution is -2.44. The Balaban J connectivity index is 2.10. The first-order valence-corrected chi connectivity index (χ1v) is 8.24. The highest BCUT2D eigenvalue weighted by Gasteiger charge is 2.52. The molecule has 1 aromatic carbocycles. The monoisotopic (exact) mass is 373 g/mol. The van der Waals surface area contributed by atoms with Gasteiger partial charge in [-0.15, -0.1) is 0 Å². The molecule has 26 heavy (non-hydrogen) atoms. The minimum absolute atomic E-state index is 0.0744. The predicted octanol–water partition coefficient (Wildman–Crippen LogP) is 3.92. The summed E-state index contributed by atoms with van der Waals surface area (Å²) in [6, 6.07) is 7.44. The number of alkyl halides is 3. The van der Waals surface area contributed by atoms with Gasteiger partial charge >= 0.3 is 18.2 Å². The first kappa shape index (κ1) is 20.1. The average Bonchev–Trinajstić information content (AvgIpc) is 2.98. The van der Waals surface area contributed by atoms with E-state index in [0.29, 0.717) is 5.56 Å². The second-order valence-electron chi connectivity index (χ2n) is 7.22. The van der Waals surface area contributed by atoms with Crippen LogP contribution in [0.1, 0.15) is 32.8 Å². The molecule has 1 heterocycles. The minimum atomic E-state index is -4.51. The van der Waals surface area contributed by atoms with Gasteiger partial charge in [0.15, 0.2) is 0 Å². The second kappa shape index (κ2) is 7.55. The molecule has 0 saturated carbocycles. The van der Waals surface area contributed by atoms with Crippen molar-refractivity contribution in [2.45, 2.75) is 51.6 Å². The van der Waals surface area contributed by atoms with Gasteiger partial charge in [-0.1, -0.05) is 30.3 Å². The van der Waals surface area contributed by atoms with Gasteiger partial charge in [0.05, 0.1) is 5.92 Å². The Kier molecular flexibility index (Phi) is 5.83. The van der Waals surface area contributed by atoms with Crippen LogP contribution in [-0.4, -0.2) is 41.3 Å². The molecule has 1 aliphatic heterocycles. The highest BCUT2D eigenvalue weighted by Crippen LogP contribution is 2.37. The molecule has 0 unspecified atom stereocenters. The molecule has 1 saturated heterocycles. The van der Waals surface area contributed by atoms with E-state index in [0.717, 1.165) is 4.90 Å². The Hall–Kier alpha value is -2.25. The third-order valence-corrected chi connectivity index (χ3v) is 3.89. The Morgan fingerprint density at radius 2 is 1.77 bits per heavy atom. The van der Waals surface area contributed by atoms with Crippen molar-refractivity contribution in [3.05, 3.63) is 35.9 Å². The summed E-state index contributed by atoms with van der Waals surface area (Å²) in [6.07, 6.45) is -5.99. The van der Waals surface area contributed by atoms with Gasteiger partial charge in [0.2, 0.25) is 0 Å². The summed E-state index contributed by atoms with van der Waals surface area (Å²) in [4.78, 5) is 25.4. The lowest BCUT2D eigenvalue weighted by atomic mass is 10.1. The predicted molar refractivity (Wildman–Crippen MR) is 87.1 cm³/mol. The van der Waals surface area contributed by atoms with Crippen LogP contribution < -0.4 is 0 Å². The molecule has 1 amide bonds. The van der Waals surface area contributed by atoms with Crippen molar-refractivity contribution in [1.82, 2.24) is 4.90 Å². The van der Waals surface area contributed by atoms with E-state index in [1.165, 1.54) is 0 Å². The van der Waals surface area contributed by atoms with Crippen molar-refractivity contribution in [2.24, 2.45) is 5.92 Å². The number of rotatable bonds is 3. The Labute approximate surface area is 150 Å². The fraction of sp³-hybridized carbons (Fsp3) is 0.556. The molecule has 2 atom stereocenters. The largest absolute Gasteiger partial charge is 0.459 e. The summed E-state index contributed by atoms with van der Waals surface area (Å²) in [5.41, 5.74) is -0.179. The van der Waals surface area contributed by atoms with Crippen molar-refractivity contribution >= 4 is 12.1 Å². The highest BCUT2D eigenvalue weighted by atomic mass is 19.4. The standard InChI is InChI=1S/C18H22F3NO4/c1-17(2,3)26-16(24)22-10-13(18(19,20)21)9-14(22)15(23)25-11-12-7-5-4-6-8-12/h4-8,13-14H,9-11H2,1-3H3/t13-,14-/m0/s1. The van der Waals surface area contributed by atoms with Crippen molar-refractivity contribution in [3.8, 4) is 0 Å². The SMILES string of the molecule is CC(C)(C)OC(=O)N1C[C@@H](C(F)(F)F)C[C@H]1C(=O)OCc1ccccc1. The van der Waals surface area contributed by atoms with Crippen molar-refractivity contribution in [3.63, 3.8) is 0 Å². The summed E-state index contributed by atoms with van der Waals surface area (Å²) >= 11 is 0. The van der Waals surface area contributed by atoms with E-state index in [1.807, 2.05) is 0 Å². The normalized spacial score (nSPS) is 20.8. The Morgan fingerprint density at radius 3 is 2.31 bits per heavy atom. The molecule has 1 fully saturated rings. The van der Waals surface area contributed by atoms with E-state index >= 15 is 0 Å². The average molecular weight is 373 g/mol. The van der Waals surface area contributed by atoms with Crippen LogP contribution in [0.25, 0.3) is 0 Å². The van der Waals surface area contributed by atoms with Crippen LogP contribution in [0.5, 0.6) is 0 Å². The number of ether oxygens (including phenoxy) is 2. The molecule has 1 aromatic rings. The first-order valence-electron chi connectivity index (χ1n) is 8.24. The number of hydrogen-bond donors (Lipinski definition) is 0. The summed E-state index contributed by atoms with van der Waals surface area (Å²) in [5.74, 6) is -2.66. The lowest BCUT2D eigenvalue weighted by Gasteiger charge is -2.27. The van der Waals surface area contributed by atoms with Crippen LogP contribution in [0, 0.1) is 5.92 Å². The number of benzene rings is 1. The zero-order valence-corrected chi connectivity index (χ0v) is 14.9. The van der Waals surface area contributed by atoms with E-state index in [1.54, 1.807) is 51.1 Å². The van der Waals surface area contributed by atoms with Crippen LogP contribution in [0.4, 0.5) is 18.0 Å². The molecule has 2 rings (SSSR count). The van der Waals surface area contributed by atoms with E-state index in [4.69, 9.17) is 9.47 Å². The fourth-order valence-electron chi connectivity index (χ4n) is 2.64. The van der Waals surface area contributed by atoms with Crippen LogP contribution in [0.3, 0.4) is 0 Å². The lowest BCUT2D eigenvalue weighted by molar-refractivity contribution is -0.170. The van der Waals surface area contributed by atoms with Crippen molar-refractivity contribution in [1.29, 1.82) is 0 Å². The number of halogens is 3. The zero-order valence-electron chi connectivity index (χ0n) is 14.9. The number of esters is 1. The molecule has 0 aromatic heterocycles. The summed E-state index contributed by atoms with van der Waals surface area (Å²) < 4.78 is 49.5. The molecular formula is C18H22F3NO4. The molecule has 0 radical (unpaired) electrons. The molecule has 0 aliphatic carbocycles. The number of hydrogen-bond acceptors (Lipinski definition) is 4. The van der Waals surface area contributed by atoms with E-state index in [2.05, 4.69) is 0 Å². The van der Waals surface area contributed by atoms with Gasteiger partial charge in [-0.2, -0.15) is 13.2 Å². The van der Waals surface area contributed by atoms with E-state index < -0.39 is 48.8 Å². The number of amides is 1. The Morgan fingerprint density at radius 1 is 1.15 bits per heavy atom. The van der Waals surface area contributed by atoms with Crippen LogP contribution in [-0.2, 0) is 20.9 Å². The van der Waals surface area contributed by atoms with Gasteiger partial charge < -0.3 is 9.47 Å². The maximum absolute atomic E-state index is 13.1. The van der Waals surface area contributed by atoms with Gasteiger partial charge in [-0.25, -0.2) is 9.59 Å². The van der Waals surface area contributed by atoms with Gasteiger partial charge in [-0.05, 0) is 32.8 Å². The number of carbonyl (C=O) groups is 2. The molecule has 1 aliphatic rings. The highest BCUT2D eigenvalue weighted by molar-refractivity contribution is 5.82. The first-order chi connectivity index (χ1) is 12.0. The third kappa shape index (κ3) is 5.37. The quantitative estimate of drug-likeness (QED) is 0.754. The molecule has 144 valence electrons. The summed E-state index contributed by atoms with van der Waals surface area (Å²) in [7, 11) is 0. The topological polar surface area (TPSA) is 55.8 Å². The van der Waals surface area contributed by atoms with Gasteiger partial charge in [0, 0.05) is 6.54 Å². The number of carbonyl (C=O) groups excluding carboxylic acids is 2. The Bertz CT molecular complexity index is 640. The van der Waals surface area contributed by atoms with E-state index in [-0.39, 0.29) is 6.61 Å². The van der Waals surface area contributed by atoms with E-state index in [9.17, 15) is 22.8 Å². The van der Waals surface area contributed by atoms with Crippen LogP contribution >= 0.6 is 0 Å².